The van der Waals surface area contributed by atoms with Crippen molar-refractivity contribution in [3.63, 3.8) is 0 Å². The van der Waals surface area contributed by atoms with E-state index in [4.69, 9.17) is 9.47 Å². The summed E-state index contributed by atoms with van der Waals surface area (Å²) in [5, 5.41) is 4.98. The molecule has 0 radical (unpaired) electrons. The van der Waals surface area contributed by atoms with Crippen molar-refractivity contribution in [3.05, 3.63) is 59.7 Å². The Morgan fingerprint density at radius 2 is 1.71 bits per heavy atom. The Balaban J connectivity index is 1.55. The average molecular weight is 448 g/mol. The zero-order chi connectivity index (χ0) is 22.4. The van der Waals surface area contributed by atoms with Gasteiger partial charge in [0.05, 0.1) is 25.2 Å². The Hall–Kier alpha value is -2.95. The number of rotatable bonds is 7. The molecule has 2 aromatic carbocycles. The second-order valence-corrected chi connectivity index (χ2v) is 8.89. The highest BCUT2D eigenvalue weighted by Crippen LogP contribution is 2.23. The van der Waals surface area contributed by atoms with Crippen molar-refractivity contribution in [1.29, 1.82) is 0 Å². The number of aryl methyl sites for hydroxylation is 1. The molecule has 2 N–H and O–H groups in total. The predicted octanol–water partition coefficient (Wildman–Crippen LogP) is 0.783. The molecule has 0 saturated carbocycles. The lowest BCUT2D eigenvalue weighted by Gasteiger charge is -2.23. The topological polar surface area (TPSA) is 114 Å². The summed E-state index contributed by atoms with van der Waals surface area (Å²) < 4.78 is 37.5. The third kappa shape index (κ3) is 5.60. The molecule has 31 heavy (non-hydrogen) atoms. The maximum absolute atomic E-state index is 12.9. The van der Waals surface area contributed by atoms with Crippen LogP contribution in [0, 0.1) is 6.92 Å². The van der Waals surface area contributed by atoms with E-state index in [1.165, 1.54) is 23.5 Å². The highest BCUT2D eigenvalue weighted by molar-refractivity contribution is 7.89. The Kier molecular flexibility index (Phi) is 7.26. The molecule has 1 fully saturated rings. The molecule has 0 aliphatic carbocycles. The second-order valence-electron chi connectivity index (χ2n) is 7.00. The number of carbonyl (C=O) groups is 2. The Labute approximate surface area is 181 Å². The van der Waals surface area contributed by atoms with Crippen molar-refractivity contribution in [3.8, 4) is 5.75 Å². The highest BCUT2D eigenvalue weighted by Gasteiger charge is 2.36. The van der Waals surface area contributed by atoms with Gasteiger partial charge in [0, 0.05) is 13.1 Å². The number of sulfonamides is 1. The minimum absolute atomic E-state index is 0.0889. The van der Waals surface area contributed by atoms with E-state index < -0.39 is 28.1 Å². The number of benzene rings is 2. The van der Waals surface area contributed by atoms with E-state index in [1.807, 2.05) is 31.2 Å². The summed E-state index contributed by atoms with van der Waals surface area (Å²) in [5.41, 5.74) is 1.96. The lowest BCUT2D eigenvalue weighted by molar-refractivity contribution is -0.139. The van der Waals surface area contributed by atoms with Crippen molar-refractivity contribution in [2.45, 2.75) is 24.6 Å². The van der Waals surface area contributed by atoms with Crippen molar-refractivity contribution < 1.29 is 27.5 Å². The minimum atomic E-state index is -3.83. The molecule has 0 spiro atoms. The molecule has 1 aliphatic heterocycles. The van der Waals surface area contributed by atoms with Crippen molar-refractivity contribution >= 4 is 21.8 Å². The third-order valence-corrected chi connectivity index (χ3v) is 6.73. The van der Waals surface area contributed by atoms with Crippen LogP contribution in [0.1, 0.15) is 11.1 Å². The first kappa shape index (κ1) is 22.7. The van der Waals surface area contributed by atoms with Crippen LogP contribution in [0.15, 0.2) is 53.4 Å². The first-order valence-electron chi connectivity index (χ1n) is 9.70. The van der Waals surface area contributed by atoms with Crippen LogP contribution >= 0.6 is 0 Å². The monoisotopic (exact) mass is 447 g/mol. The molecule has 0 unspecified atom stereocenters. The van der Waals surface area contributed by atoms with Gasteiger partial charge >= 0.3 is 11.8 Å². The summed E-state index contributed by atoms with van der Waals surface area (Å²) in [6.45, 7) is 2.36. The van der Waals surface area contributed by atoms with E-state index in [9.17, 15) is 18.0 Å². The van der Waals surface area contributed by atoms with E-state index >= 15 is 0 Å². The Morgan fingerprint density at radius 1 is 1.06 bits per heavy atom. The zero-order valence-corrected chi connectivity index (χ0v) is 18.1. The third-order valence-electron chi connectivity index (χ3n) is 4.83. The van der Waals surface area contributed by atoms with E-state index in [0.29, 0.717) is 5.75 Å². The van der Waals surface area contributed by atoms with Crippen molar-refractivity contribution in [2.75, 3.05) is 26.8 Å². The van der Waals surface area contributed by atoms with Crippen LogP contribution in [0.25, 0.3) is 0 Å². The van der Waals surface area contributed by atoms with Crippen LogP contribution in [0.2, 0.25) is 0 Å². The predicted molar refractivity (Wildman–Crippen MR) is 113 cm³/mol. The first-order chi connectivity index (χ1) is 14.8. The van der Waals surface area contributed by atoms with Gasteiger partial charge < -0.3 is 20.1 Å². The summed E-state index contributed by atoms with van der Waals surface area (Å²) in [4.78, 5) is 24.2. The SMILES string of the molecule is COc1ccc(S(=O)(=O)N2CCO[C@H]2CNC(=O)C(=O)NCc2ccc(C)cc2)cc1. The maximum atomic E-state index is 12.9. The molecule has 9 nitrogen and oxygen atoms in total. The molecule has 1 aliphatic rings. The lowest BCUT2D eigenvalue weighted by Crippen LogP contribution is -2.47. The quantitative estimate of drug-likeness (QED) is 0.607. The summed E-state index contributed by atoms with van der Waals surface area (Å²) in [6.07, 6.45) is -0.902. The fourth-order valence-corrected chi connectivity index (χ4v) is 4.56. The van der Waals surface area contributed by atoms with Gasteiger partial charge in [0.1, 0.15) is 12.0 Å². The number of nitrogens with zero attached hydrogens (tertiary/aromatic N) is 1. The molecule has 2 amide bonds. The minimum Gasteiger partial charge on any atom is -0.497 e. The van der Waals surface area contributed by atoms with Crippen LogP contribution in [0.3, 0.4) is 0 Å². The van der Waals surface area contributed by atoms with E-state index in [2.05, 4.69) is 10.6 Å². The van der Waals surface area contributed by atoms with E-state index in [1.54, 1.807) is 12.1 Å². The number of methoxy groups -OCH3 is 1. The standard InChI is InChI=1S/C21H25N3O6S/c1-15-3-5-16(6-4-15)13-22-20(25)21(26)23-14-19-24(11-12-30-19)31(27,28)18-9-7-17(29-2)8-10-18/h3-10,19H,11-14H2,1-2H3,(H,22,25)(H,23,26)/t19-/m0/s1. The molecule has 10 heteroatoms. The van der Waals surface area contributed by atoms with Gasteiger partial charge in [-0.2, -0.15) is 4.31 Å². The number of hydrogen-bond donors (Lipinski definition) is 2. The van der Waals surface area contributed by atoms with Gasteiger partial charge in [-0.3, -0.25) is 9.59 Å². The van der Waals surface area contributed by atoms with Crippen LogP contribution in [-0.4, -0.2) is 57.6 Å². The fourth-order valence-electron chi connectivity index (χ4n) is 3.05. The molecule has 0 bridgehead atoms. The number of ether oxygens (including phenoxy) is 2. The fraction of sp³-hybridized carbons (Fsp3) is 0.333. The molecule has 0 aromatic heterocycles. The normalized spacial score (nSPS) is 16.6. The van der Waals surface area contributed by atoms with Crippen LogP contribution < -0.4 is 15.4 Å². The molecule has 166 valence electrons. The molecule has 1 saturated heterocycles. The summed E-state index contributed by atoms with van der Waals surface area (Å²) >= 11 is 0. The summed E-state index contributed by atoms with van der Waals surface area (Å²) in [5.74, 6) is -1.12. The van der Waals surface area contributed by atoms with Crippen LogP contribution in [-0.2, 0) is 30.9 Å². The molecule has 3 rings (SSSR count). The second kappa shape index (κ2) is 9.90. The molecule has 1 atom stereocenters. The average Bonchev–Trinajstić information content (AvgIpc) is 3.26. The van der Waals surface area contributed by atoms with Gasteiger partial charge in [-0.1, -0.05) is 29.8 Å². The smallest absolute Gasteiger partial charge is 0.309 e. The Morgan fingerprint density at radius 3 is 2.35 bits per heavy atom. The summed E-state index contributed by atoms with van der Waals surface area (Å²) in [6, 6.07) is 13.6. The highest BCUT2D eigenvalue weighted by atomic mass is 32.2. The van der Waals surface area contributed by atoms with Gasteiger partial charge in [-0.25, -0.2) is 8.42 Å². The van der Waals surface area contributed by atoms with E-state index in [0.717, 1.165) is 11.1 Å². The first-order valence-corrected chi connectivity index (χ1v) is 11.1. The van der Waals surface area contributed by atoms with Gasteiger partial charge in [-0.05, 0) is 36.8 Å². The summed E-state index contributed by atoms with van der Waals surface area (Å²) in [7, 11) is -2.34. The molecular formula is C21H25N3O6S. The van der Waals surface area contributed by atoms with Crippen molar-refractivity contribution in [2.24, 2.45) is 0 Å². The van der Waals surface area contributed by atoms with Crippen molar-refractivity contribution in [1.82, 2.24) is 14.9 Å². The number of amides is 2. The van der Waals surface area contributed by atoms with Crippen LogP contribution in [0.5, 0.6) is 5.75 Å². The molecular weight excluding hydrogens is 422 g/mol. The Bertz CT molecular complexity index is 1020. The number of carbonyl (C=O) groups excluding carboxylic acids is 2. The van der Waals surface area contributed by atoms with Crippen LogP contribution in [0.4, 0.5) is 0 Å². The van der Waals surface area contributed by atoms with Gasteiger partial charge in [0.15, 0.2) is 0 Å². The van der Waals surface area contributed by atoms with Gasteiger partial charge in [0.25, 0.3) is 0 Å². The maximum Gasteiger partial charge on any atom is 0.309 e. The zero-order valence-electron chi connectivity index (χ0n) is 17.3. The number of hydrogen-bond acceptors (Lipinski definition) is 6. The lowest BCUT2D eigenvalue weighted by atomic mass is 10.1. The largest absolute Gasteiger partial charge is 0.497 e. The van der Waals surface area contributed by atoms with E-state index in [-0.39, 0.29) is 31.1 Å². The molecule has 1 heterocycles. The van der Waals surface area contributed by atoms with Gasteiger partial charge in [0.2, 0.25) is 10.0 Å². The molecule has 2 aromatic rings. The number of nitrogens with one attached hydrogen (secondary N) is 2. The van der Waals surface area contributed by atoms with Gasteiger partial charge in [-0.15, -0.1) is 0 Å².